The van der Waals surface area contributed by atoms with E-state index < -0.39 is 0 Å². The molecular formula is C15H13FN4O2S3. The minimum Gasteiger partial charge on any atom is -0.360 e. The van der Waals surface area contributed by atoms with Gasteiger partial charge >= 0.3 is 0 Å². The van der Waals surface area contributed by atoms with Gasteiger partial charge in [0.15, 0.2) is 14.5 Å². The number of benzene rings is 1. The van der Waals surface area contributed by atoms with Gasteiger partial charge in [-0.3, -0.25) is 4.79 Å². The number of hydrogen-bond acceptors (Lipinski definition) is 8. The zero-order valence-electron chi connectivity index (χ0n) is 13.1. The van der Waals surface area contributed by atoms with E-state index in [1.54, 1.807) is 25.1 Å². The van der Waals surface area contributed by atoms with Crippen molar-refractivity contribution in [2.24, 2.45) is 0 Å². The number of amides is 1. The van der Waals surface area contributed by atoms with E-state index in [0.29, 0.717) is 21.7 Å². The highest BCUT2D eigenvalue weighted by molar-refractivity contribution is 8.03. The van der Waals surface area contributed by atoms with Crippen LogP contribution in [0.4, 0.5) is 10.2 Å². The lowest BCUT2D eigenvalue weighted by atomic mass is 10.2. The Balaban J connectivity index is 1.44. The third kappa shape index (κ3) is 5.55. The van der Waals surface area contributed by atoms with Crippen molar-refractivity contribution in [3.05, 3.63) is 47.5 Å². The van der Waals surface area contributed by atoms with Crippen molar-refractivity contribution in [3.8, 4) is 0 Å². The van der Waals surface area contributed by atoms with Gasteiger partial charge in [0.05, 0.1) is 5.75 Å². The number of carbonyl (C=O) groups excluding carboxylic acids is 1. The van der Waals surface area contributed by atoms with Gasteiger partial charge in [0.2, 0.25) is 5.91 Å². The minimum absolute atomic E-state index is 0.186. The van der Waals surface area contributed by atoms with Crippen LogP contribution in [0.3, 0.4) is 0 Å². The van der Waals surface area contributed by atoms with E-state index in [-0.39, 0.29) is 17.5 Å². The van der Waals surface area contributed by atoms with Crippen molar-refractivity contribution in [2.45, 2.75) is 21.4 Å². The molecule has 3 aromatic rings. The maximum atomic E-state index is 12.9. The maximum absolute atomic E-state index is 12.9. The molecule has 25 heavy (non-hydrogen) atoms. The molecule has 130 valence electrons. The highest BCUT2D eigenvalue weighted by Gasteiger charge is 2.10. The van der Waals surface area contributed by atoms with Crippen LogP contribution in [0.5, 0.6) is 0 Å². The lowest BCUT2D eigenvalue weighted by molar-refractivity contribution is -0.113. The van der Waals surface area contributed by atoms with E-state index in [4.69, 9.17) is 4.52 Å². The number of nitrogens with zero attached hydrogens (tertiary/aromatic N) is 3. The molecule has 0 aliphatic carbocycles. The van der Waals surface area contributed by atoms with Gasteiger partial charge in [-0.05, 0) is 24.6 Å². The molecule has 0 bridgehead atoms. The van der Waals surface area contributed by atoms with E-state index in [1.807, 2.05) is 0 Å². The number of carbonyl (C=O) groups is 1. The molecule has 1 amide bonds. The van der Waals surface area contributed by atoms with Crippen LogP contribution in [0.2, 0.25) is 0 Å². The second-order valence-corrected chi connectivity index (χ2v) is 8.33. The highest BCUT2D eigenvalue weighted by Crippen LogP contribution is 2.30. The van der Waals surface area contributed by atoms with E-state index in [1.165, 1.54) is 47.0 Å². The molecule has 1 N–H and O–H groups in total. The minimum atomic E-state index is -0.248. The zero-order chi connectivity index (χ0) is 17.6. The molecule has 1 aromatic carbocycles. The molecule has 0 aliphatic heterocycles. The van der Waals surface area contributed by atoms with Gasteiger partial charge in [-0.2, -0.15) is 0 Å². The molecule has 0 atom stereocenters. The average Bonchev–Trinajstić information content (AvgIpc) is 3.21. The number of hydrogen-bond donors (Lipinski definition) is 1. The molecule has 0 radical (unpaired) electrons. The normalized spacial score (nSPS) is 10.8. The van der Waals surface area contributed by atoms with Crippen molar-refractivity contribution >= 4 is 46.6 Å². The summed E-state index contributed by atoms with van der Waals surface area (Å²) in [7, 11) is 0. The van der Waals surface area contributed by atoms with Crippen LogP contribution in [0.25, 0.3) is 0 Å². The van der Waals surface area contributed by atoms with Crippen molar-refractivity contribution in [3.63, 3.8) is 0 Å². The standard InChI is InChI=1S/C15H13FN4O2S3/c1-9-6-12(20-22-9)17-13(21)8-24-15-19-18-14(25-15)23-7-10-2-4-11(16)5-3-10/h2-6H,7-8H2,1H3,(H,17,20,21). The van der Waals surface area contributed by atoms with Crippen molar-refractivity contribution in [2.75, 3.05) is 11.1 Å². The van der Waals surface area contributed by atoms with Crippen LogP contribution >= 0.6 is 34.9 Å². The van der Waals surface area contributed by atoms with Crippen LogP contribution in [0.15, 0.2) is 43.5 Å². The Kier molecular flexibility index (Phi) is 6.05. The molecule has 0 saturated carbocycles. The number of rotatable bonds is 7. The van der Waals surface area contributed by atoms with Crippen LogP contribution in [0.1, 0.15) is 11.3 Å². The SMILES string of the molecule is Cc1cc(NC(=O)CSc2nnc(SCc3ccc(F)cc3)s2)no1. The topological polar surface area (TPSA) is 80.9 Å². The number of thioether (sulfide) groups is 2. The second-order valence-electron chi connectivity index (χ2n) is 4.91. The summed E-state index contributed by atoms with van der Waals surface area (Å²) in [5, 5.41) is 14.5. The van der Waals surface area contributed by atoms with Crippen molar-refractivity contribution in [1.29, 1.82) is 0 Å². The number of aromatic nitrogens is 3. The van der Waals surface area contributed by atoms with E-state index in [0.717, 1.165) is 9.90 Å². The Hall–Kier alpha value is -1.91. The summed E-state index contributed by atoms with van der Waals surface area (Å²) in [6.45, 7) is 1.75. The van der Waals surface area contributed by atoms with Gasteiger partial charge < -0.3 is 9.84 Å². The van der Waals surface area contributed by atoms with Gasteiger partial charge in [-0.25, -0.2) is 4.39 Å². The van der Waals surface area contributed by atoms with E-state index >= 15 is 0 Å². The molecule has 0 unspecified atom stereocenters. The first-order valence-corrected chi connectivity index (χ1v) is 9.94. The summed E-state index contributed by atoms with van der Waals surface area (Å²) in [4.78, 5) is 11.8. The largest absolute Gasteiger partial charge is 0.360 e. The lowest BCUT2D eigenvalue weighted by Gasteiger charge is -1.98. The first-order valence-electron chi connectivity index (χ1n) is 7.15. The van der Waals surface area contributed by atoms with Crippen LogP contribution in [-0.4, -0.2) is 27.0 Å². The molecule has 2 aromatic heterocycles. The Morgan fingerprint density at radius 3 is 2.64 bits per heavy atom. The molecule has 10 heteroatoms. The zero-order valence-corrected chi connectivity index (χ0v) is 15.5. The molecule has 0 saturated heterocycles. The summed E-state index contributed by atoms with van der Waals surface area (Å²) >= 11 is 4.26. The quantitative estimate of drug-likeness (QED) is 0.605. The number of aryl methyl sites for hydroxylation is 1. The van der Waals surface area contributed by atoms with Gasteiger partial charge in [-0.15, -0.1) is 10.2 Å². The molecule has 3 rings (SSSR count). The van der Waals surface area contributed by atoms with Gasteiger partial charge in [0.25, 0.3) is 0 Å². The molecule has 0 aliphatic rings. The summed E-state index contributed by atoms with van der Waals surface area (Å²) in [5.74, 6) is 1.50. The van der Waals surface area contributed by atoms with E-state index in [9.17, 15) is 9.18 Å². The second kappa shape index (κ2) is 8.45. The third-order valence-corrected chi connectivity index (χ3v) is 6.15. The first-order chi connectivity index (χ1) is 12.1. The lowest BCUT2D eigenvalue weighted by Crippen LogP contribution is -2.14. The van der Waals surface area contributed by atoms with Crippen molar-refractivity contribution < 1.29 is 13.7 Å². The predicted molar refractivity (Wildman–Crippen MR) is 96.5 cm³/mol. The van der Waals surface area contributed by atoms with Gasteiger partial charge in [0.1, 0.15) is 11.6 Å². The maximum Gasteiger partial charge on any atom is 0.236 e. The molecule has 0 spiro atoms. The fraction of sp³-hybridized carbons (Fsp3) is 0.200. The highest BCUT2D eigenvalue weighted by atomic mass is 32.2. The summed E-state index contributed by atoms with van der Waals surface area (Å²) in [6, 6.07) is 8.01. The first kappa shape index (κ1) is 17.9. The molecule has 0 fully saturated rings. The fourth-order valence-corrected chi connectivity index (χ4v) is 4.55. The smallest absolute Gasteiger partial charge is 0.236 e. The monoisotopic (exact) mass is 396 g/mol. The molecule has 6 nitrogen and oxygen atoms in total. The Bertz CT molecular complexity index is 851. The van der Waals surface area contributed by atoms with Gasteiger partial charge in [-0.1, -0.05) is 52.1 Å². The average molecular weight is 396 g/mol. The number of halogens is 1. The fourth-order valence-electron chi connectivity index (χ4n) is 1.77. The summed E-state index contributed by atoms with van der Waals surface area (Å²) in [6.07, 6.45) is 0. The summed E-state index contributed by atoms with van der Waals surface area (Å²) < 4.78 is 19.3. The Labute approximate surface area is 155 Å². The van der Waals surface area contributed by atoms with Crippen LogP contribution in [-0.2, 0) is 10.5 Å². The third-order valence-electron chi connectivity index (χ3n) is 2.89. The van der Waals surface area contributed by atoms with E-state index in [2.05, 4.69) is 20.7 Å². The van der Waals surface area contributed by atoms with Gasteiger partial charge in [0, 0.05) is 11.8 Å². The molecule has 2 heterocycles. The Morgan fingerprint density at radius 1 is 1.24 bits per heavy atom. The van der Waals surface area contributed by atoms with Crippen molar-refractivity contribution in [1.82, 2.24) is 15.4 Å². The van der Waals surface area contributed by atoms with Crippen LogP contribution in [0, 0.1) is 12.7 Å². The predicted octanol–water partition coefficient (Wildman–Crippen LogP) is 4.00. The Morgan fingerprint density at radius 2 is 1.96 bits per heavy atom. The summed E-state index contributed by atoms with van der Waals surface area (Å²) in [5.41, 5.74) is 1.01. The number of nitrogens with one attached hydrogen (secondary N) is 1. The molecular weight excluding hydrogens is 383 g/mol. The number of anilines is 1. The van der Waals surface area contributed by atoms with Crippen LogP contribution < -0.4 is 5.32 Å².